The van der Waals surface area contributed by atoms with Gasteiger partial charge in [-0.1, -0.05) is 12.8 Å². The second-order valence-electron chi connectivity index (χ2n) is 8.14. The Morgan fingerprint density at radius 2 is 1.96 bits per heavy atom. The van der Waals surface area contributed by atoms with Gasteiger partial charge in [0.2, 0.25) is 0 Å². The van der Waals surface area contributed by atoms with E-state index >= 15 is 0 Å². The van der Waals surface area contributed by atoms with Gasteiger partial charge in [-0.3, -0.25) is 4.99 Å². The fourth-order valence-corrected chi connectivity index (χ4v) is 4.49. The molecule has 2 N–H and O–H groups in total. The van der Waals surface area contributed by atoms with Gasteiger partial charge >= 0.3 is 0 Å². The highest BCUT2D eigenvalue weighted by Crippen LogP contribution is 2.40. The number of nitrogens with one attached hydrogen (secondary N) is 2. The van der Waals surface area contributed by atoms with Gasteiger partial charge in [0.15, 0.2) is 5.96 Å². The zero-order valence-corrected chi connectivity index (χ0v) is 18.4. The largest absolute Gasteiger partial charge is 0.385 e. The molecule has 2 aliphatic carbocycles. The Kier molecular flexibility index (Phi) is 8.75. The van der Waals surface area contributed by atoms with Crippen molar-refractivity contribution in [3.63, 3.8) is 0 Å². The third-order valence-electron chi connectivity index (χ3n) is 6.29. The van der Waals surface area contributed by atoms with Gasteiger partial charge in [0.25, 0.3) is 0 Å². The number of ether oxygens (including phenoxy) is 1. The number of halogens is 1. The lowest BCUT2D eigenvalue weighted by Crippen LogP contribution is -2.45. The number of methoxy groups -OCH3 is 1. The number of hydrogen-bond acceptors (Lipinski definition) is 3. The Bertz CT molecular complexity index is 422. The topological polar surface area (TPSA) is 48.9 Å². The molecule has 25 heavy (non-hydrogen) atoms. The molecular weight excluding hydrogens is 427 g/mol. The van der Waals surface area contributed by atoms with E-state index in [1.54, 1.807) is 0 Å². The molecule has 0 aromatic rings. The Morgan fingerprint density at radius 3 is 2.60 bits per heavy atom. The second kappa shape index (κ2) is 10.3. The van der Waals surface area contributed by atoms with E-state index < -0.39 is 0 Å². The molecular formula is C19H37IN4O. The molecule has 1 aliphatic heterocycles. The lowest BCUT2D eigenvalue weighted by Gasteiger charge is -2.30. The molecule has 1 atom stereocenters. The lowest BCUT2D eigenvalue weighted by molar-refractivity contribution is 0.138. The van der Waals surface area contributed by atoms with Crippen LogP contribution in [0, 0.1) is 11.3 Å². The van der Waals surface area contributed by atoms with Crippen LogP contribution < -0.4 is 10.6 Å². The van der Waals surface area contributed by atoms with Gasteiger partial charge in [0, 0.05) is 46.4 Å². The molecule has 3 rings (SSSR count). The third kappa shape index (κ3) is 6.24. The predicted octanol–water partition coefficient (Wildman–Crippen LogP) is 2.85. The Labute approximate surface area is 170 Å². The van der Waals surface area contributed by atoms with Crippen molar-refractivity contribution >= 4 is 29.9 Å². The number of hydrogen-bond donors (Lipinski definition) is 2. The standard InChI is InChI=1S/C19H36N4O.HI/c1-20-18(21-13-16-7-11-23(14-16)17-5-6-17)22-15-19(10-12-24-2)8-3-4-9-19;/h16-17H,3-15H2,1-2H3,(H2,20,21,22);1H. The molecule has 1 unspecified atom stereocenters. The number of nitrogens with zero attached hydrogens (tertiary/aromatic N) is 2. The van der Waals surface area contributed by atoms with Crippen LogP contribution in [0.4, 0.5) is 0 Å². The van der Waals surface area contributed by atoms with E-state index in [0.717, 1.165) is 44.0 Å². The number of rotatable bonds is 8. The van der Waals surface area contributed by atoms with Gasteiger partial charge in [-0.05, 0) is 56.4 Å². The molecule has 0 bridgehead atoms. The Hall–Kier alpha value is -0.0800. The van der Waals surface area contributed by atoms with E-state index in [9.17, 15) is 0 Å². The van der Waals surface area contributed by atoms with Crippen molar-refractivity contribution in [3.8, 4) is 0 Å². The highest BCUT2D eigenvalue weighted by molar-refractivity contribution is 14.0. The van der Waals surface area contributed by atoms with Crippen LogP contribution >= 0.6 is 24.0 Å². The maximum Gasteiger partial charge on any atom is 0.191 e. The Balaban J connectivity index is 0.00000225. The van der Waals surface area contributed by atoms with Gasteiger partial charge in [0.1, 0.15) is 0 Å². The fraction of sp³-hybridized carbons (Fsp3) is 0.947. The zero-order chi connectivity index (χ0) is 16.8. The maximum absolute atomic E-state index is 5.33. The van der Waals surface area contributed by atoms with Crippen LogP contribution in [0.15, 0.2) is 4.99 Å². The predicted molar refractivity (Wildman–Crippen MR) is 115 cm³/mol. The van der Waals surface area contributed by atoms with Crippen molar-refractivity contribution in [3.05, 3.63) is 0 Å². The summed E-state index contributed by atoms with van der Waals surface area (Å²) < 4.78 is 5.33. The van der Waals surface area contributed by atoms with E-state index in [4.69, 9.17) is 4.74 Å². The van der Waals surface area contributed by atoms with Crippen LogP contribution in [0.5, 0.6) is 0 Å². The number of guanidine groups is 1. The maximum atomic E-state index is 5.33. The quantitative estimate of drug-likeness (QED) is 0.330. The smallest absolute Gasteiger partial charge is 0.191 e. The average Bonchev–Trinajstić information content (AvgIpc) is 3.17. The first kappa shape index (κ1) is 21.2. The highest BCUT2D eigenvalue weighted by Gasteiger charge is 2.35. The van der Waals surface area contributed by atoms with Crippen LogP contribution in [0.1, 0.15) is 51.4 Å². The SMILES string of the molecule is CN=C(NCC1CCN(C2CC2)C1)NCC1(CCOC)CCCC1.I. The molecule has 1 heterocycles. The van der Waals surface area contributed by atoms with E-state index in [1.165, 1.54) is 58.0 Å². The molecule has 3 fully saturated rings. The van der Waals surface area contributed by atoms with Gasteiger partial charge in [0.05, 0.1) is 0 Å². The van der Waals surface area contributed by atoms with E-state index in [1.807, 2.05) is 14.2 Å². The first-order valence-electron chi connectivity index (χ1n) is 9.92. The summed E-state index contributed by atoms with van der Waals surface area (Å²) in [5, 5.41) is 7.17. The fourth-order valence-electron chi connectivity index (χ4n) is 4.49. The molecule has 0 spiro atoms. The minimum absolute atomic E-state index is 0. The van der Waals surface area contributed by atoms with Gasteiger partial charge < -0.3 is 20.3 Å². The zero-order valence-electron chi connectivity index (χ0n) is 16.1. The molecule has 5 nitrogen and oxygen atoms in total. The monoisotopic (exact) mass is 464 g/mol. The molecule has 1 saturated heterocycles. The van der Waals surface area contributed by atoms with Crippen molar-refractivity contribution in [2.75, 3.05) is 46.9 Å². The van der Waals surface area contributed by atoms with Crippen LogP contribution in [-0.2, 0) is 4.74 Å². The second-order valence-corrected chi connectivity index (χ2v) is 8.14. The van der Waals surface area contributed by atoms with Crippen LogP contribution in [-0.4, -0.2) is 63.8 Å². The summed E-state index contributed by atoms with van der Waals surface area (Å²) in [5.74, 6) is 1.75. The van der Waals surface area contributed by atoms with Crippen molar-refractivity contribution in [1.29, 1.82) is 0 Å². The minimum Gasteiger partial charge on any atom is -0.385 e. The summed E-state index contributed by atoms with van der Waals surface area (Å²) in [6, 6.07) is 0.912. The minimum atomic E-state index is 0. The summed E-state index contributed by atoms with van der Waals surface area (Å²) >= 11 is 0. The van der Waals surface area contributed by atoms with E-state index in [-0.39, 0.29) is 24.0 Å². The normalized spacial score (nSPS) is 26.5. The van der Waals surface area contributed by atoms with Gasteiger partial charge in [-0.25, -0.2) is 0 Å². The lowest BCUT2D eigenvalue weighted by atomic mass is 9.83. The molecule has 0 amide bonds. The summed E-state index contributed by atoms with van der Waals surface area (Å²) in [5.41, 5.74) is 0.407. The average molecular weight is 464 g/mol. The third-order valence-corrected chi connectivity index (χ3v) is 6.29. The van der Waals surface area contributed by atoms with Crippen LogP contribution in [0.3, 0.4) is 0 Å². The molecule has 0 aromatic heterocycles. The van der Waals surface area contributed by atoms with Crippen LogP contribution in [0.25, 0.3) is 0 Å². The van der Waals surface area contributed by atoms with Crippen molar-refractivity contribution in [1.82, 2.24) is 15.5 Å². The first-order valence-corrected chi connectivity index (χ1v) is 9.92. The first-order chi connectivity index (χ1) is 11.7. The molecule has 3 aliphatic rings. The van der Waals surface area contributed by atoms with Gasteiger partial charge in [-0.15, -0.1) is 24.0 Å². The van der Waals surface area contributed by atoms with Crippen LogP contribution in [0.2, 0.25) is 0 Å². The summed E-state index contributed by atoms with van der Waals surface area (Å²) in [6.45, 7) is 5.51. The van der Waals surface area contributed by atoms with Crippen molar-refractivity contribution in [2.24, 2.45) is 16.3 Å². The van der Waals surface area contributed by atoms with Gasteiger partial charge in [-0.2, -0.15) is 0 Å². The summed E-state index contributed by atoms with van der Waals surface area (Å²) in [7, 11) is 3.69. The van der Waals surface area contributed by atoms with E-state index in [2.05, 4.69) is 20.5 Å². The van der Waals surface area contributed by atoms with E-state index in [0.29, 0.717) is 5.41 Å². The molecule has 0 radical (unpaired) electrons. The summed E-state index contributed by atoms with van der Waals surface area (Å²) in [4.78, 5) is 7.12. The number of aliphatic imine (C=N–C) groups is 1. The van der Waals surface area contributed by atoms with Crippen molar-refractivity contribution in [2.45, 2.75) is 57.4 Å². The Morgan fingerprint density at radius 1 is 1.20 bits per heavy atom. The summed E-state index contributed by atoms with van der Waals surface area (Å²) in [6.07, 6.45) is 10.7. The molecule has 146 valence electrons. The molecule has 6 heteroatoms. The number of likely N-dealkylation sites (tertiary alicyclic amines) is 1. The molecule has 2 saturated carbocycles. The molecule has 0 aromatic carbocycles. The van der Waals surface area contributed by atoms with Crippen molar-refractivity contribution < 1.29 is 4.74 Å². The highest BCUT2D eigenvalue weighted by atomic mass is 127.